The summed E-state index contributed by atoms with van der Waals surface area (Å²) in [6, 6.07) is 9.81. The number of halogens is 1. The molecule has 0 bridgehead atoms. The molecule has 0 amide bonds. The van der Waals surface area contributed by atoms with E-state index in [4.69, 9.17) is 16.6 Å². The van der Waals surface area contributed by atoms with E-state index in [0.717, 1.165) is 55.5 Å². The van der Waals surface area contributed by atoms with Crippen LogP contribution in [-0.2, 0) is 6.42 Å². The predicted octanol–water partition coefficient (Wildman–Crippen LogP) is 2.77. The number of piperazine rings is 1. The van der Waals surface area contributed by atoms with Crippen molar-refractivity contribution in [2.24, 2.45) is 0 Å². The Kier molecular flexibility index (Phi) is 4.36. The number of aryl methyl sites for hydroxylation is 1. The maximum Gasteiger partial charge on any atom is 0.161 e. The zero-order valence-electron chi connectivity index (χ0n) is 12.1. The van der Waals surface area contributed by atoms with Gasteiger partial charge in [-0.1, -0.05) is 30.7 Å². The molecule has 2 heterocycles. The molecule has 0 aliphatic carbocycles. The van der Waals surface area contributed by atoms with Gasteiger partial charge in [-0.05, 0) is 18.6 Å². The maximum atomic E-state index is 6.08. The number of hydrogen-bond acceptors (Lipinski definition) is 4. The lowest BCUT2D eigenvalue weighted by Crippen LogP contribution is -2.44. The number of anilines is 1. The Hall–Kier alpha value is -1.65. The number of nitrogens with one attached hydrogen (secondary N) is 1. The Morgan fingerprint density at radius 3 is 2.71 bits per heavy atom. The first kappa shape index (κ1) is 14.3. The maximum absolute atomic E-state index is 6.08. The van der Waals surface area contributed by atoms with Gasteiger partial charge in [0.15, 0.2) is 5.82 Å². The lowest BCUT2D eigenvalue weighted by atomic mass is 10.2. The van der Waals surface area contributed by atoms with Gasteiger partial charge in [0.25, 0.3) is 0 Å². The summed E-state index contributed by atoms with van der Waals surface area (Å²) in [6.07, 6.45) is 0.898. The third kappa shape index (κ3) is 3.34. The van der Waals surface area contributed by atoms with Crippen molar-refractivity contribution in [2.75, 3.05) is 31.1 Å². The Labute approximate surface area is 130 Å². The normalized spacial score (nSPS) is 15.2. The molecule has 1 aliphatic heterocycles. The van der Waals surface area contributed by atoms with Crippen molar-refractivity contribution in [3.05, 3.63) is 41.0 Å². The summed E-state index contributed by atoms with van der Waals surface area (Å²) >= 11 is 6.08. The van der Waals surface area contributed by atoms with Gasteiger partial charge < -0.3 is 10.2 Å². The molecule has 0 unspecified atom stereocenters. The molecule has 0 atom stereocenters. The van der Waals surface area contributed by atoms with Crippen molar-refractivity contribution in [3.8, 4) is 11.4 Å². The fourth-order valence-corrected chi connectivity index (χ4v) is 2.67. The monoisotopic (exact) mass is 302 g/mol. The molecule has 21 heavy (non-hydrogen) atoms. The topological polar surface area (TPSA) is 41.0 Å². The van der Waals surface area contributed by atoms with Crippen molar-refractivity contribution in [2.45, 2.75) is 13.3 Å². The predicted molar refractivity (Wildman–Crippen MR) is 86.9 cm³/mol. The van der Waals surface area contributed by atoms with E-state index in [1.54, 1.807) is 0 Å². The van der Waals surface area contributed by atoms with E-state index in [0.29, 0.717) is 5.02 Å². The van der Waals surface area contributed by atoms with Crippen molar-refractivity contribution in [1.82, 2.24) is 15.3 Å². The second-order valence-corrected chi connectivity index (χ2v) is 5.58. The van der Waals surface area contributed by atoms with Crippen LogP contribution in [0.25, 0.3) is 11.4 Å². The second kappa shape index (κ2) is 6.41. The Morgan fingerprint density at radius 1 is 1.19 bits per heavy atom. The fourth-order valence-electron chi connectivity index (χ4n) is 2.48. The zero-order chi connectivity index (χ0) is 14.7. The first-order valence-corrected chi connectivity index (χ1v) is 7.73. The molecule has 110 valence electrons. The van der Waals surface area contributed by atoms with Gasteiger partial charge in [0.1, 0.15) is 5.82 Å². The summed E-state index contributed by atoms with van der Waals surface area (Å²) in [5.74, 6) is 1.77. The first-order valence-electron chi connectivity index (χ1n) is 7.36. The highest BCUT2D eigenvalue weighted by Crippen LogP contribution is 2.23. The van der Waals surface area contributed by atoms with Crippen LogP contribution in [0, 0.1) is 0 Å². The van der Waals surface area contributed by atoms with Gasteiger partial charge in [-0.2, -0.15) is 0 Å². The molecule has 3 rings (SSSR count). The number of benzene rings is 1. The summed E-state index contributed by atoms with van der Waals surface area (Å²) in [5, 5.41) is 4.07. The van der Waals surface area contributed by atoms with Crippen LogP contribution in [0.5, 0.6) is 0 Å². The summed E-state index contributed by atoms with van der Waals surface area (Å²) in [6.45, 7) is 6.08. The van der Waals surface area contributed by atoms with Crippen LogP contribution in [0.4, 0.5) is 5.82 Å². The Balaban J connectivity index is 2.00. The van der Waals surface area contributed by atoms with Crippen LogP contribution >= 0.6 is 11.6 Å². The number of rotatable bonds is 3. The summed E-state index contributed by atoms with van der Waals surface area (Å²) in [4.78, 5) is 11.7. The molecule has 1 saturated heterocycles. The average Bonchev–Trinajstić information content (AvgIpc) is 2.55. The van der Waals surface area contributed by atoms with Gasteiger partial charge in [-0.15, -0.1) is 0 Å². The molecule has 0 radical (unpaired) electrons. The van der Waals surface area contributed by atoms with Crippen molar-refractivity contribution in [3.63, 3.8) is 0 Å². The number of nitrogens with zero attached hydrogens (tertiary/aromatic N) is 3. The molecule has 1 aromatic heterocycles. The molecule has 0 saturated carbocycles. The summed E-state index contributed by atoms with van der Waals surface area (Å²) in [5.41, 5.74) is 2.03. The SMILES string of the molecule is CCc1cc(N2CCNCC2)nc(-c2cccc(Cl)c2)n1. The molecule has 0 spiro atoms. The van der Waals surface area contributed by atoms with Crippen LogP contribution in [-0.4, -0.2) is 36.1 Å². The van der Waals surface area contributed by atoms with Crippen LogP contribution < -0.4 is 10.2 Å². The van der Waals surface area contributed by atoms with Gasteiger partial charge in [0.2, 0.25) is 0 Å². The van der Waals surface area contributed by atoms with E-state index in [9.17, 15) is 0 Å². The molecule has 4 nitrogen and oxygen atoms in total. The molecule has 2 aromatic rings. The highest BCUT2D eigenvalue weighted by atomic mass is 35.5. The van der Waals surface area contributed by atoms with Crippen LogP contribution in [0.1, 0.15) is 12.6 Å². The van der Waals surface area contributed by atoms with Crippen molar-refractivity contribution >= 4 is 17.4 Å². The molecule has 1 N–H and O–H groups in total. The minimum absolute atomic E-state index is 0.710. The number of hydrogen-bond donors (Lipinski definition) is 1. The lowest BCUT2D eigenvalue weighted by molar-refractivity contribution is 0.584. The quantitative estimate of drug-likeness (QED) is 0.946. The van der Waals surface area contributed by atoms with Crippen LogP contribution in [0.3, 0.4) is 0 Å². The lowest BCUT2D eigenvalue weighted by Gasteiger charge is -2.28. The minimum atomic E-state index is 0.710. The Morgan fingerprint density at radius 2 is 2.00 bits per heavy atom. The van der Waals surface area contributed by atoms with Gasteiger partial charge in [0, 0.05) is 48.5 Å². The first-order chi connectivity index (χ1) is 10.3. The van der Waals surface area contributed by atoms with E-state index in [1.165, 1.54) is 0 Å². The van der Waals surface area contributed by atoms with E-state index in [-0.39, 0.29) is 0 Å². The molecule has 1 aromatic carbocycles. The minimum Gasteiger partial charge on any atom is -0.354 e. The zero-order valence-corrected chi connectivity index (χ0v) is 12.9. The van der Waals surface area contributed by atoms with Gasteiger partial charge in [-0.25, -0.2) is 9.97 Å². The highest BCUT2D eigenvalue weighted by Gasteiger charge is 2.14. The Bertz CT molecular complexity index is 623. The van der Waals surface area contributed by atoms with E-state index >= 15 is 0 Å². The van der Waals surface area contributed by atoms with E-state index in [1.807, 2.05) is 24.3 Å². The van der Waals surface area contributed by atoms with E-state index in [2.05, 4.69) is 28.2 Å². The molecule has 1 fully saturated rings. The third-order valence-electron chi connectivity index (χ3n) is 3.65. The van der Waals surface area contributed by atoms with Crippen molar-refractivity contribution < 1.29 is 0 Å². The van der Waals surface area contributed by atoms with Gasteiger partial charge >= 0.3 is 0 Å². The second-order valence-electron chi connectivity index (χ2n) is 5.14. The van der Waals surface area contributed by atoms with E-state index < -0.39 is 0 Å². The van der Waals surface area contributed by atoms with Crippen molar-refractivity contribution in [1.29, 1.82) is 0 Å². The fraction of sp³-hybridized carbons (Fsp3) is 0.375. The molecule has 5 heteroatoms. The molecular formula is C16H19ClN4. The van der Waals surface area contributed by atoms with Crippen LogP contribution in [0.15, 0.2) is 30.3 Å². The highest BCUT2D eigenvalue weighted by molar-refractivity contribution is 6.30. The van der Waals surface area contributed by atoms with Gasteiger partial charge in [0.05, 0.1) is 0 Å². The summed E-state index contributed by atoms with van der Waals surface area (Å²) < 4.78 is 0. The molecular weight excluding hydrogens is 284 g/mol. The smallest absolute Gasteiger partial charge is 0.161 e. The van der Waals surface area contributed by atoms with Crippen LogP contribution in [0.2, 0.25) is 5.02 Å². The summed E-state index contributed by atoms with van der Waals surface area (Å²) in [7, 11) is 0. The largest absolute Gasteiger partial charge is 0.354 e. The number of aromatic nitrogens is 2. The average molecular weight is 303 g/mol. The molecule has 1 aliphatic rings. The standard InChI is InChI=1S/C16H19ClN4/c1-2-14-11-15(21-8-6-18-7-9-21)20-16(19-14)12-4-3-5-13(17)10-12/h3-5,10-11,18H,2,6-9H2,1H3. The van der Waals surface area contributed by atoms with Gasteiger partial charge in [-0.3, -0.25) is 0 Å². The third-order valence-corrected chi connectivity index (χ3v) is 3.89.